The zero-order valence-corrected chi connectivity index (χ0v) is 16.3. The van der Waals surface area contributed by atoms with E-state index in [0.29, 0.717) is 17.8 Å². The molecule has 0 aliphatic carbocycles. The number of hydrogen-bond acceptors (Lipinski definition) is 7. The summed E-state index contributed by atoms with van der Waals surface area (Å²) in [5, 5.41) is 33.4. The van der Waals surface area contributed by atoms with Crippen LogP contribution in [0.2, 0.25) is 0 Å². The molecule has 0 amide bonds. The second kappa shape index (κ2) is 9.52. The zero-order chi connectivity index (χ0) is 20.8. The first-order valence-corrected chi connectivity index (χ1v) is 9.30. The van der Waals surface area contributed by atoms with E-state index in [2.05, 4.69) is 5.32 Å². The maximum atomic E-state index is 12.7. The van der Waals surface area contributed by atoms with E-state index in [9.17, 15) is 24.9 Å². The van der Waals surface area contributed by atoms with Gasteiger partial charge in [0.25, 0.3) is 0 Å². The first-order valence-electron chi connectivity index (χ1n) is 9.30. The predicted octanol–water partition coefficient (Wildman–Crippen LogP) is 2.27. The van der Waals surface area contributed by atoms with E-state index < -0.39 is 30.1 Å². The number of ether oxygens (including phenoxy) is 1. The van der Waals surface area contributed by atoms with E-state index in [0.717, 1.165) is 0 Å². The number of carbonyl (C=O) groups is 2. The number of anilines is 1. The van der Waals surface area contributed by atoms with Crippen LogP contribution in [0.15, 0.2) is 30.4 Å². The van der Waals surface area contributed by atoms with Crippen molar-refractivity contribution >= 4 is 23.5 Å². The molecule has 7 heteroatoms. The van der Waals surface area contributed by atoms with Gasteiger partial charge in [0.1, 0.15) is 29.6 Å². The van der Waals surface area contributed by atoms with Gasteiger partial charge in [-0.15, -0.1) is 0 Å². The summed E-state index contributed by atoms with van der Waals surface area (Å²) in [5.74, 6) is -1.75. The van der Waals surface area contributed by atoms with Crippen molar-refractivity contribution in [2.45, 2.75) is 45.5 Å². The van der Waals surface area contributed by atoms with Gasteiger partial charge in [-0.2, -0.15) is 0 Å². The zero-order valence-electron chi connectivity index (χ0n) is 16.3. The number of aromatic hydroxyl groups is 1. The highest BCUT2D eigenvalue weighted by molar-refractivity contribution is 5.98. The fourth-order valence-corrected chi connectivity index (χ4v) is 2.81. The maximum absolute atomic E-state index is 12.7. The number of Topliss-reactive ketones (excluding diaryl/α,β-unsaturated/α-hetero) is 1. The number of benzene rings is 1. The molecule has 2 rings (SSSR count). The fourth-order valence-electron chi connectivity index (χ4n) is 2.81. The molecule has 1 aliphatic heterocycles. The van der Waals surface area contributed by atoms with E-state index in [-0.39, 0.29) is 23.7 Å². The van der Waals surface area contributed by atoms with Crippen LogP contribution in [0.4, 0.5) is 5.69 Å². The molecule has 0 saturated carbocycles. The summed E-state index contributed by atoms with van der Waals surface area (Å²) in [6.07, 6.45) is 2.30. The van der Waals surface area contributed by atoms with Crippen LogP contribution in [0.25, 0.3) is 6.08 Å². The Kier molecular flexibility index (Phi) is 7.37. The Hall–Kier alpha value is -2.64. The van der Waals surface area contributed by atoms with Gasteiger partial charge in [0.05, 0.1) is 0 Å². The Morgan fingerprint density at radius 3 is 2.57 bits per heavy atom. The quantitative estimate of drug-likeness (QED) is 0.453. The number of nitrogens with one attached hydrogen (secondary N) is 1. The molecule has 1 heterocycles. The van der Waals surface area contributed by atoms with Gasteiger partial charge in [-0.05, 0) is 25.5 Å². The number of allylic oxidation sites excluding steroid dienone is 1. The third-order valence-electron chi connectivity index (χ3n) is 4.65. The molecule has 1 aliphatic rings. The Morgan fingerprint density at radius 1 is 1.18 bits per heavy atom. The standard InChI is InChI=1S/C21H27NO6/c1-4-22-15-10-14-6-5-7-16(23)20(26)17(24)9-8-12(2)13(3)28-21(27)19(14)18(25)11-15/h5-6,8-13,17,20,22,24-26H,4,7H2,1-3H3/b6-5+,9-8-/t12-,13+,17?,20+/m1/s1. The highest BCUT2D eigenvalue weighted by Crippen LogP contribution is 2.29. The van der Waals surface area contributed by atoms with Gasteiger partial charge >= 0.3 is 5.97 Å². The second-order valence-corrected chi connectivity index (χ2v) is 6.85. The van der Waals surface area contributed by atoms with Gasteiger partial charge in [-0.3, -0.25) is 4.79 Å². The Bertz CT molecular complexity index is 785. The number of carbonyl (C=O) groups excluding carboxylic acids is 2. The number of rotatable bonds is 2. The SMILES string of the molecule is CCNc1cc(O)c2c(c1)/C=C/CC(=O)[C@H](O)C(O)/C=C\[C@@H](C)[C@H](C)OC2=O. The lowest BCUT2D eigenvalue weighted by atomic mass is 9.99. The van der Waals surface area contributed by atoms with E-state index in [1.165, 1.54) is 24.3 Å². The van der Waals surface area contributed by atoms with Gasteiger partial charge < -0.3 is 25.4 Å². The fraction of sp³-hybridized carbons (Fsp3) is 0.429. The van der Waals surface area contributed by atoms with Gasteiger partial charge in [0, 0.05) is 30.6 Å². The van der Waals surface area contributed by atoms with E-state index in [4.69, 9.17) is 4.74 Å². The van der Waals surface area contributed by atoms with Crippen molar-refractivity contribution in [2.24, 2.45) is 5.92 Å². The van der Waals surface area contributed by atoms with Crippen LogP contribution in [0, 0.1) is 5.92 Å². The molecule has 28 heavy (non-hydrogen) atoms. The molecule has 0 spiro atoms. The second-order valence-electron chi connectivity index (χ2n) is 6.85. The van der Waals surface area contributed by atoms with Crippen molar-refractivity contribution in [3.8, 4) is 5.75 Å². The molecule has 0 saturated heterocycles. The minimum atomic E-state index is -1.55. The Morgan fingerprint density at radius 2 is 1.89 bits per heavy atom. The van der Waals surface area contributed by atoms with E-state index >= 15 is 0 Å². The minimum Gasteiger partial charge on any atom is -0.507 e. The molecule has 1 unspecified atom stereocenters. The highest BCUT2D eigenvalue weighted by Gasteiger charge is 2.25. The summed E-state index contributed by atoms with van der Waals surface area (Å²) in [6.45, 7) is 5.98. The lowest BCUT2D eigenvalue weighted by Gasteiger charge is -2.20. The number of aliphatic hydroxyl groups excluding tert-OH is 2. The van der Waals surface area contributed by atoms with E-state index in [1.54, 1.807) is 26.0 Å². The highest BCUT2D eigenvalue weighted by atomic mass is 16.5. The van der Waals surface area contributed by atoms with Gasteiger partial charge in [-0.1, -0.05) is 31.2 Å². The molecule has 4 atom stereocenters. The number of fused-ring (bicyclic) bond motifs is 1. The molecule has 0 radical (unpaired) electrons. The van der Waals surface area contributed by atoms with Gasteiger partial charge in [0.2, 0.25) is 0 Å². The molecule has 0 bridgehead atoms. The summed E-state index contributed by atoms with van der Waals surface area (Å²) < 4.78 is 5.48. The molecule has 0 aromatic heterocycles. The smallest absolute Gasteiger partial charge is 0.342 e. The largest absolute Gasteiger partial charge is 0.507 e. The lowest BCUT2D eigenvalue weighted by Crippen LogP contribution is -2.32. The number of ketones is 1. The molecular weight excluding hydrogens is 362 g/mol. The number of cyclic esters (lactones) is 1. The topological polar surface area (TPSA) is 116 Å². The monoisotopic (exact) mass is 389 g/mol. The van der Waals surface area contributed by atoms with Gasteiger partial charge in [0.15, 0.2) is 5.78 Å². The lowest BCUT2D eigenvalue weighted by molar-refractivity contribution is -0.130. The van der Waals surface area contributed by atoms with Crippen LogP contribution in [-0.4, -0.2) is 51.9 Å². The van der Waals surface area contributed by atoms with Crippen LogP contribution in [0.1, 0.15) is 43.1 Å². The Balaban J connectivity index is 2.50. The number of esters is 1. The summed E-state index contributed by atoms with van der Waals surface area (Å²) in [6, 6.07) is 3.12. The number of phenols is 1. The molecule has 0 fully saturated rings. The van der Waals surface area contributed by atoms with Crippen molar-refractivity contribution < 1.29 is 29.6 Å². The molecule has 152 valence electrons. The van der Waals surface area contributed by atoms with Crippen molar-refractivity contribution in [3.05, 3.63) is 41.5 Å². The van der Waals surface area contributed by atoms with E-state index in [1.807, 2.05) is 6.92 Å². The molecule has 7 nitrogen and oxygen atoms in total. The summed E-state index contributed by atoms with van der Waals surface area (Å²) in [5.41, 5.74) is 1.01. The number of aliphatic hydroxyl groups is 2. The van der Waals surface area contributed by atoms with Gasteiger partial charge in [-0.25, -0.2) is 4.79 Å². The van der Waals surface area contributed by atoms with Crippen molar-refractivity contribution in [1.82, 2.24) is 0 Å². The average molecular weight is 389 g/mol. The number of phenolic OH excluding ortho intramolecular Hbond substituents is 1. The maximum Gasteiger partial charge on any atom is 0.342 e. The molecule has 4 N–H and O–H groups in total. The normalized spacial score (nSPS) is 28.6. The number of hydrogen-bond donors (Lipinski definition) is 4. The molecule has 1 aromatic carbocycles. The summed E-state index contributed by atoms with van der Waals surface area (Å²) in [7, 11) is 0. The van der Waals surface area contributed by atoms with Crippen molar-refractivity contribution in [1.29, 1.82) is 0 Å². The van der Waals surface area contributed by atoms with Crippen LogP contribution < -0.4 is 5.32 Å². The van der Waals surface area contributed by atoms with Crippen molar-refractivity contribution in [3.63, 3.8) is 0 Å². The third kappa shape index (κ3) is 5.21. The minimum absolute atomic E-state index is 0.00558. The first-order chi connectivity index (χ1) is 13.2. The van der Waals surface area contributed by atoms with Crippen LogP contribution >= 0.6 is 0 Å². The van der Waals surface area contributed by atoms with Crippen LogP contribution in [-0.2, 0) is 9.53 Å². The molecular formula is C21H27NO6. The first kappa shape index (κ1) is 21.7. The Labute approximate surface area is 164 Å². The predicted molar refractivity (Wildman–Crippen MR) is 106 cm³/mol. The van der Waals surface area contributed by atoms with Crippen molar-refractivity contribution in [2.75, 3.05) is 11.9 Å². The average Bonchev–Trinajstić information content (AvgIpc) is 2.64. The third-order valence-corrected chi connectivity index (χ3v) is 4.65. The van der Waals surface area contributed by atoms with Crippen LogP contribution in [0.3, 0.4) is 0 Å². The van der Waals surface area contributed by atoms with Crippen LogP contribution in [0.5, 0.6) is 5.75 Å². The summed E-state index contributed by atoms with van der Waals surface area (Å²) >= 11 is 0. The molecule has 1 aromatic rings. The summed E-state index contributed by atoms with van der Waals surface area (Å²) in [4.78, 5) is 24.8.